The van der Waals surface area contributed by atoms with Crippen molar-refractivity contribution < 1.29 is 19.0 Å². The van der Waals surface area contributed by atoms with E-state index in [1.165, 1.54) is 24.3 Å². The Morgan fingerprint density at radius 2 is 2.33 bits per heavy atom. The Bertz CT molecular complexity index is 665. The highest BCUT2D eigenvalue weighted by atomic mass is 19.1. The average Bonchev–Trinajstić information content (AvgIpc) is 2.84. The largest absolute Gasteiger partial charge is 0.491 e. The molecule has 1 aromatic carbocycles. The lowest BCUT2D eigenvalue weighted by molar-refractivity contribution is -0.131. The average molecular weight is 290 g/mol. The maximum Gasteiger partial charge on any atom is 0.328 e. The van der Waals surface area contributed by atoms with Gasteiger partial charge in [0.1, 0.15) is 24.0 Å². The monoisotopic (exact) mass is 290 g/mol. The van der Waals surface area contributed by atoms with Crippen molar-refractivity contribution in [1.29, 1.82) is 0 Å². The van der Waals surface area contributed by atoms with Gasteiger partial charge in [-0.1, -0.05) is 0 Å². The van der Waals surface area contributed by atoms with Crippen molar-refractivity contribution in [2.75, 3.05) is 6.61 Å². The van der Waals surface area contributed by atoms with Crippen LogP contribution in [0.5, 0.6) is 5.75 Å². The molecule has 0 saturated carbocycles. The summed E-state index contributed by atoms with van der Waals surface area (Å²) in [4.78, 5) is 14.6. The summed E-state index contributed by atoms with van der Waals surface area (Å²) >= 11 is 0. The summed E-state index contributed by atoms with van der Waals surface area (Å²) in [7, 11) is 0. The summed E-state index contributed by atoms with van der Waals surface area (Å²) in [5.74, 6) is -0.229. The molecule has 0 unspecified atom stereocenters. The molecule has 0 aliphatic rings. The highest BCUT2D eigenvalue weighted by molar-refractivity contribution is 5.85. The van der Waals surface area contributed by atoms with Crippen LogP contribution in [-0.4, -0.2) is 27.2 Å². The zero-order valence-electron chi connectivity index (χ0n) is 11.5. The van der Waals surface area contributed by atoms with Crippen LogP contribution in [-0.2, 0) is 11.3 Å². The first-order valence-corrected chi connectivity index (χ1v) is 6.37. The van der Waals surface area contributed by atoms with Gasteiger partial charge in [0.25, 0.3) is 0 Å². The number of aromatic nitrogens is 2. The molecular formula is C15H15FN2O3. The number of carboxylic acids is 1. The van der Waals surface area contributed by atoms with Crippen LogP contribution in [0.25, 0.3) is 6.08 Å². The Morgan fingerprint density at radius 3 is 3.00 bits per heavy atom. The quantitative estimate of drug-likeness (QED) is 0.830. The van der Waals surface area contributed by atoms with Gasteiger partial charge >= 0.3 is 5.97 Å². The number of hydrogen-bond donors (Lipinski definition) is 1. The number of ether oxygens (including phenoxy) is 1. The van der Waals surface area contributed by atoms with Crippen LogP contribution in [0.3, 0.4) is 0 Å². The fraction of sp³-hybridized carbons (Fsp3) is 0.200. The second kappa shape index (κ2) is 6.69. The highest BCUT2D eigenvalue weighted by Gasteiger charge is 2.04. The number of aliphatic carboxylic acids is 1. The number of aryl methyl sites for hydroxylation is 1. The predicted octanol–water partition coefficient (Wildman–Crippen LogP) is 2.51. The van der Waals surface area contributed by atoms with Gasteiger partial charge in [-0.2, -0.15) is 0 Å². The highest BCUT2D eigenvalue weighted by Crippen LogP contribution is 2.21. The molecule has 0 radical (unpaired) electrons. The number of hydrogen-bond acceptors (Lipinski definition) is 3. The lowest BCUT2D eigenvalue weighted by Gasteiger charge is -2.10. The van der Waals surface area contributed by atoms with Crippen LogP contribution in [0.15, 0.2) is 36.7 Å². The summed E-state index contributed by atoms with van der Waals surface area (Å²) in [5.41, 5.74) is 0.389. The van der Waals surface area contributed by atoms with E-state index in [-0.39, 0.29) is 0 Å². The summed E-state index contributed by atoms with van der Waals surface area (Å²) < 4.78 is 20.7. The van der Waals surface area contributed by atoms with Crippen molar-refractivity contribution in [1.82, 2.24) is 9.55 Å². The normalized spacial score (nSPS) is 11.0. The third kappa shape index (κ3) is 4.17. The summed E-state index contributed by atoms with van der Waals surface area (Å²) in [5, 5.41) is 8.63. The molecule has 0 bridgehead atoms. The number of carboxylic acid groups (broad SMARTS) is 1. The molecule has 0 aliphatic carbocycles. The molecule has 110 valence electrons. The minimum Gasteiger partial charge on any atom is -0.491 e. The van der Waals surface area contributed by atoms with Crippen LogP contribution in [0.2, 0.25) is 0 Å². The fourth-order valence-corrected chi connectivity index (χ4v) is 1.84. The van der Waals surface area contributed by atoms with Gasteiger partial charge < -0.3 is 14.4 Å². The molecule has 5 nitrogen and oxygen atoms in total. The zero-order valence-corrected chi connectivity index (χ0v) is 11.5. The van der Waals surface area contributed by atoms with Gasteiger partial charge in [-0.05, 0) is 31.2 Å². The van der Waals surface area contributed by atoms with E-state index in [0.29, 0.717) is 24.5 Å². The fourth-order valence-electron chi connectivity index (χ4n) is 1.84. The molecule has 0 atom stereocenters. The number of nitrogens with zero attached hydrogens (tertiary/aromatic N) is 2. The number of halogens is 1. The third-order valence-corrected chi connectivity index (χ3v) is 2.89. The summed E-state index contributed by atoms with van der Waals surface area (Å²) in [6.45, 7) is 2.86. The van der Waals surface area contributed by atoms with Gasteiger partial charge in [-0.25, -0.2) is 14.2 Å². The molecule has 1 aromatic heterocycles. The van der Waals surface area contributed by atoms with E-state index in [4.69, 9.17) is 9.84 Å². The molecule has 21 heavy (non-hydrogen) atoms. The van der Waals surface area contributed by atoms with E-state index in [2.05, 4.69) is 4.98 Å². The summed E-state index contributed by atoms with van der Waals surface area (Å²) in [6.07, 6.45) is 5.80. The molecule has 1 N–H and O–H groups in total. The molecule has 0 fully saturated rings. The molecule has 6 heteroatoms. The molecule has 1 heterocycles. The molecular weight excluding hydrogens is 275 g/mol. The Morgan fingerprint density at radius 1 is 1.52 bits per heavy atom. The van der Waals surface area contributed by atoms with Crippen molar-refractivity contribution >= 4 is 12.0 Å². The van der Waals surface area contributed by atoms with Crippen LogP contribution in [0.1, 0.15) is 11.4 Å². The predicted molar refractivity (Wildman–Crippen MR) is 75.5 cm³/mol. The molecule has 2 rings (SSSR count). The van der Waals surface area contributed by atoms with E-state index in [1.54, 1.807) is 6.20 Å². The second-order valence-corrected chi connectivity index (χ2v) is 4.37. The third-order valence-electron chi connectivity index (χ3n) is 2.89. The molecule has 0 saturated heterocycles. The first-order valence-electron chi connectivity index (χ1n) is 6.37. The van der Waals surface area contributed by atoms with Crippen LogP contribution < -0.4 is 4.74 Å². The zero-order chi connectivity index (χ0) is 15.2. The van der Waals surface area contributed by atoms with Crippen molar-refractivity contribution in [3.63, 3.8) is 0 Å². The standard InChI is InChI=1S/C15H15FN2O3/c1-11-17-6-7-18(11)8-9-21-14-4-3-13(16)10-12(14)2-5-15(19)20/h2-7,10H,8-9H2,1H3,(H,19,20)/b5-2+. The SMILES string of the molecule is Cc1nccn1CCOc1ccc(F)cc1/C=C/C(=O)O. The number of imidazole rings is 1. The van der Waals surface area contributed by atoms with Crippen LogP contribution in [0, 0.1) is 12.7 Å². The van der Waals surface area contributed by atoms with Gasteiger partial charge in [0.05, 0.1) is 6.54 Å². The Hall–Kier alpha value is -2.63. The van der Waals surface area contributed by atoms with Gasteiger partial charge in [0.2, 0.25) is 0 Å². The van der Waals surface area contributed by atoms with E-state index < -0.39 is 11.8 Å². The molecule has 2 aromatic rings. The second-order valence-electron chi connectivity index (χ2n) is 4.37. The van der Waals surface area contributed by atoms with Crippen LogP contribution in [0.4, 0.5) is 4.39 Å². The summed E-state index contributed by atoms with van der Waals surface area (Å²) in [6, 6.07) is 3.99. The van der Waals surface area contributed by atoms with Crippen molar-refractivity contribution in [2.24, 2.45) is 0 Å². The number of rotatable bonds is 6. The van der Waals surface area contributed by atoms with Gasteiger partial charge in [-0.15, -0.1) is 0 Å². The van der Waals surface area contributed by atoms with E-state index in [1.807, 2.05) is 17.7 Å². The minimum atomic E-state index is -1.10. The van der Waals surface area contributed by atoms with E-state index in [0.717, 1.165) is 11.9 Å². The lowest BCUT2D eigenvalue weighted by Crippen LogP contribution is -2.09. The minimum absolute atomic E-state index is 0.372. The molecule has 0 spiro atoms. The lowest BCUT2D eigenvalue weighted by atomic mass is 10.2. The topological polar surface area (TPSA) is 64.4 Å². The first-order chi connectivity index (χ1) is 10.1. The Balaban J connectivity index is 2.05. The van der Waals surface area contributed by atoms with Gasteiger partial charge in [0, 0.05) is 24.0 Å². The number of carbonyl (C=O) groups is 1. The molecule has 0 amide bonds. The van der Waals surface area contributed by atoms with Gasteiger partial charge in [-0.3, -0.25) is 0 Å². The van der Waals surface area contributed by atoms with E-state index in [9.17, 15) is 9.18 Å². The van der Waals surface area contributed by atoms with E-state index >= 15 is 0 Å². The Kier molecular flexibility index (Phi) is 4.71. The first kappa shape index (κ1) is 14.8. The Labute approximate surface area is 121 Å². The van der Waals surface area contributed by atoms with Crippen molar-refractivity contribution in [2.45, 2.75) is 13.5 Å². The number of benzene rings is 1. The van der Waals surface area contributed by atoms with Crippen molar-refractivity contribution in [3.05, 3.63) is 53.9 Å². The van der Waals surface area contributed by atoms with Crippen LogP contribution >= 0.6 is 0 Å². The maximum absolute atomic E-state index is 13.2. The van der Waals surface area contributed by atoms with Crippen molar-refractivity contribution in [3.8, 4) is 5.75 Å². The molecule has 0 aliphatic heterocycles. The van der Waals surface area contributed by atoms with Gasteiger partial charge in [0.15, 0.2) is 0 Å². The smallest absolute Gasteiger partial charge is 0.328 e. The maximum atomic E-state index is 13.2.